The summed E-state index contributed by atoms with van der Waals surface area (Å²) < 4.78 is 0. The maximum Gasteiger partial charge on any atom is 0.0195 e. The Morgan fingerprint density at radius 1 is 1.38 bits per heavy atom. The second-order valence-corrected chi connectivity index (χ2v) is 4.94. The van der Waals surface area contributed by atoms with Gasteiger partial charge in [0.1, 0.15) is 0 Å². The third-order valence-electron chi connectivity index (χ3n) is 3.53. The van der Waals surface area contributed by atoms with Gasteiger partial charge in [0.15, 0.2) is 0 Å². The Bertz CT molecular complexity index is 163. The molecule has 2 heterocycles. The van der Waals surface area contributed by atoms with Crippen LogP contribution in [0.4, 0.5) is 0 Å². The van der Waals surface area contributed by atoms with Crippen molar-refractivity contribution in [1.29, 1.82) is 0 Å². The average molecular weight is 182 g/mol. The highest BCUT2D eigenvalue weighted by Gasteiger charge is 2.28. The van der Waals surface area contributed by atoms with Crippen molar-refractivity contribution in [2.75, 3.05) is 19.6 Å². The molecule has 2 rings (SSSR count). The molecule has 2 aliphatic heterocycles. The van der Waals surface area contributed by atoms with Gasteiger partial charge in [-0.3, -0.25) is 4.90 Å². The molecule has 2 nitrogen and oxygen atoms in total. The summed E-state index contributed by atoms with van der Waals surface area (Å²) >= 11 is 0. The predicted octanol–water partition coefficient (Wildman–Crippen LogP) is 1.47. The topological polar surface area (TPSA) is 15.3 Å². The molecule has 3 atom stereocenters. The smallest absolute Gasteiger partial charge is 0.0195 e. The lowest BCUT2D eigenvalue weighted by molar-refractivity contribution is 0.241. The lowest BCUT2D eigenvalue weighted by Gasteiger charge is -2.24. The van der Waals surface area contributed by atoms with Crippen molar-refractivity contribution >= 4 is 0 Å². The van der Waals surface area contributed by atoms with E-state index in [2.05, 4.69) is 24.1 Å². The van der Waals surface area contributed by atoms with Crippen LogP contribution >= 0.6 is 0 Å². The number of hydrogen-bond donors (Lipinski definition) is 1. The maximum absolute atomic E-state index is 3.58. The van der Waals surface area contributed by atoms with Gasteiger partial charge >= 0.3 is 0 Å². The van der Waals surface area contributed by atoms with Gasteiger partial charge in [0.25, 0.3) is 0 Å². The van der Waals surface area contributed by atoms with Gasteiger partial charge in [0.2, 0.25) is 0 Å². The summed E-state index contributed by atoms with van der Waals surface area (Å²) in [5, 5.41) is 3.58. The normalized spacial score (nSPS) is 41.5. The van der Waals surface area contributed by atoms with Gasteiger partial charge in [-0.05, 0) is 38.6 Å². The van der Waals surface area contributed by atoms with Crippen molar-refractivity contribution in [2.24, 2.45) is 5.92 Å². The van der Waals surface area contributed by atoms with Crippen LogP contribution in [0, 0.1) is 5.92 Å². The summed E-state index contributed by atoms with van der Waals surface area (Å²) in [4.78, 5) is 2.66. The maximum atomic E-state index is 3.58. The summed E-state index contributed by atoms with van der Waals surface area (Å²) in [6, 6.07) is 1.60. The summed E-state index contributed by atoms with van der Waals surface area (Å²) in [6.07, 6.45) is 4.16. The average Bonchev–Trinajstić information content (AvgIpc) is 2.63. The summed E-state index contributed by atoms with van der Waals surface area (Å²) in [5.74, 6) is 0.913. The van der Waals surface area contributed by atoms with E-state index in [4.69, 9.17) is 0 Å². The first-order valence-corrected chi connectivity index (χ1v) is 5.73. The van der Waals surface area contributed by atoms with Gasteiger partial charge in [-0.25, -0.2) is 0 Å². The van der Waals surface area contributed by atoms with E-state index in [0.717, 1.165) is 18.0 Å². The molecule has 2 aliphatic rings. The van der Waals surface area contributed by atoms with Crippen LogP contribution in [-0.4, -0.2) is 36.6 Å². The fourth-order valence-electron chi connectivity index (χ4n) is 2.84. The van der Waals surface area contributed by atoms with Crippen molar-refractivity contribution in [3.05, 3.63) is 0 Å². The Morgan fingerprint density at radius 2 is 2.23 bits per heavy atom. The molecule has 13 heavy (non-hydrogen) atoms. The fraction of sp³-hybridized carbons (Fsp3) is 1.00. The minimum atomic E-state index is 0.785. The van der Waals surface area contributed by atoms with Crippen LogP contribution in [0.2, 0.25) is 0 Å². The van der Waals surface area contributed by atoms with Gasteiger partial charge in [0, 0.05) is 25.2 Å². The largest absolute Gasteiger partial charge is 0.313 e. The highest BCUT2D eigenvalue weighted by molar-refractivity contribution is 4.85. The molecule has 2 fully saturated rings. The first-order chi connectivity index (χ1) is 6.25. The SMILES string of the molecule is CC1CC(C)N(C[C@H]2CCCN2)C1. The molecule has 0 aromatic rings. The molecule has 0 aromatic heterocycles. The van der Waals surface area contributed by atoms with Crippen LogP contribution in [-0.2, 0) is 0 Å². The highest BCUT2D eigenvalue weighted by Crippen LogP contribution is 2.23. The van der Waals surface area contributed by atoms with E-state index in [0.29, 0.717) is 0 Å². The van der Waals surface area contributed by atoms with Crippen molar-refractivity contribution in [3.63, 3.8) is 0 Å². The van der Waals surface area contributed by atoms with E-state index in [1.54, 1.807) is 0 Å². The van der Waals surface area contributed by atoms with Crippen LogP contribution in [0.1, 0.15) is 33.1 Å². The molecule has 2 heteroatoms. The van der Waals surface area contributed by atoms with E-state index < -0.39 is 0 Å². The molecule has 0 spiro atoms. The molecule has 0 amide bonds. The first-order valence-electron chi connectivity index (χ1n) is 5.73. The van der Waals surface area contributed by atoms with Crippen LogP contribution < -0.4 is 5.32 Å². The number of nitrogens with zero attached hydrogens (tertiary/aromatic N) is 1. The van der Waals surface area contributed by atoms with E-state index in [1.807, 2.05) is 0 Å². The quantitative estimate of drug-likeness (QED) is 0.695. The number of hydrogen-bond acceptors (Lipinski definition) is 2. The van der Waals surface area contributed by atoms with E-state index in [-0.39, 0.29) is 0 Å². The third-order valence-corrected chi connectivity index (χ3v) is 3.53. The zero-order valence-electron chi connectivity index (χ0n) is 8.92. The highest BCUT2D eigenvalue weighted by atomic mass is 15.2. The molecular weight excluding hydrogens is 160 g/mol. The summed E-state index contributed by atoms with van der Waals surface area (Å²) in [5.41, 5.74) is 0. The van der Waals surface area contributed by atoms with E-state index >= 15 is 0 Å². The molecule has 0 radical (unpaired) electrons. The van der Waals surface area contributed by atoms with Crippen LogP contribution in [0.15, 0.2) is 0 Å². The number of nitrogens with one attached hydrogen (secondary N) is 1. The van der Waals surface area contributed by atoms with Crippen LogP contribution in [0.25, 0.3) is 0 Å². The van der Waals surface area contributed by atoms with Gasteiger partial charge in [-0.15, -0.1) is 0 Å². The number of rotatable bonds is 2. The van der Waals surface area contributed by atoms with Crippen molar-refractivity contribution < 1.29 is 0 Å². The summed E-state index contributed by atoms with van der Waals surface area (Å²) in [6.45, 7) is 8.59. The molecule has 76 valence electrons. The Hall–Kier alpha value is -0.0800. The van der Waals surface area contributed by atoms with Crippen LogP contribution in [0.5, 0.6) is 0 Å². The first kappa shape index (κ1) is 9.47. The van der Waals surface area contributed by atoms with Gasteiger partial charge in [0.05, 0.1) is 0 Å². The Balaban J connectivity index is 1.80. The van der Waals surface area contributed by atoms with E-state index in [9.17, 15) is 0 Å². The third kappa shape index (κ3) is 2.23. The molecule has 0 aromatic carbocycles. The summed E-state index contributed by atoms with van der Waals surface area (Å²) in [7, 11) is 0. The lowest BCUT2D eigenvalue weighted by Crippen LogP contribution is -2.39. The monoisotopic (exact) mass is 182 g/mol. The molecule has 0 saturated carbocycles. The molecule has 0 aliphatic carbocycles. The Kier molecular flexibility index (Phi) is 2.89. The minimum absolute atomic E-state index is 0.785. The van der Waals surface area contributed by atoms with Gasteiger partial charge in [-0.1, -0.05) is 6.92 Å². The number of likely N-dealkylation sites (tertiary alicyclic amines) is 1. The molecule has 2 saturated heterocycles. The molecule has 2 unspecified atom stereocenters. The minimum Gasteiger partial charge on any atom is -0.313 e. The van der Waals surface area contributed by atoms with E-state index in [1.165, 1.54) is 38.9 Å². The van der Waals surface area contributed by atoms with Crippen molar-refractivity contribution in [3.8, 4) is 0 Å². The Labute approximate surface area is 81.7 Å². The van der Waals surface area contributed by atoms with Crippen LogP contribution in [0.3, 0.4) is 0 Å². The molecular formula is C11H22N2. The zero-order valence-corrected chi connectivity index (χ0v) is 8.92. The van der Waals surface area contributed by atoms with Gasteiger partial charge in [-0.2, -0.15) is 0 Å². The Morgan fingerprint density at radius 3 is 2.77 bits per heavy atom. The molecule has 0 bridgehead atoms. The standard InChI is InChI=1S/C11H22N2/c1-9-6-10(2)13(7-9)8-11-4-3-5-12-11/h9-12H,3-8H2,1-2H3/t9?,10?,11-/m1/s1. The molecule has 1 N–H and O–H groups in total. The van der Waals surface area contributed by atoms with Gasteiger partial charge < -0.3 is 5.32 Å². The zero-order chi connectivity index (χ0) is 9.26. The predicted molar refractivity (Wildman–Crippen MR) is 55.8 cm³/mol. The second kappa shape index (κ2) is 3.97. The van der Waals surface area contributed by atoms with Crippen molar-refractivity contribution in [1.82, 2.24) is 10.2 Å². The lowest BCUT2D eigenvalue weighted by atomic mass is 10.1. The second-order valence-electron chi connectivity index (χ2n) is 4.94. The van der Waals surface area contributed by atoms with Crippen molar-refractivity contribution in [2.45, 2.75) is 45.2 Å². The fourth-order valence-corrected chi connectivity index (χ4v) is 2.84.